The van der Waals surface area contributed by atoms with Crippen molar-refractivity contribution in [1.29, 1.82) is 0 Å². The van der Waals surface area contributed by atoms with Gasteiger partial charge in [-0.05, 0) is 77.7 Å². The summed E-state index contributed by atoms with van der Waals surface area (Å²) in [5.41, 5.74) is 0.0113. The summed E-state index contributed by atoms with van der Waals surface area (Å²) in [5, 5.41) is 0. The maximum atomic E-state index is 12.5. The van der Waals surface area contributed by atoms with Gasteiger partial charge >= 0.3 is 11.9 Å². The van der Waals surface area contributed by atoms with Gasteiger partial charge in [0.15, 0.2) is 0 Å². The van der Waals surface area contributed by atoms with Crippen LogP contribution in [0.4, 0.5) is 0 Å². The Morgan fingerprint density at radius 1 is 1.04 bits per heavy atom. The van der Waals surface area contributed by atoms with E-state index < -0.39 is 11.6 Å². The molecule has 26 heavy (non-hydrogen) atoms. The summed E-state index contributed by atoms with van der Waals surface area (Å²) in [6, 6.07) is 0. The average Bonchev–Trinajstić information content (AvgIpc) is 2.98. The molecule has 0 aromatic heterocycles. The van der Waals surface area contributed by atoms with Crippen molar-refractivity contribution in [2.45, 2.75) is 83.3 Å². The molecule has 0 radical (unpaired) electrons. The van der Waals surface area contributed by atoms with E-state index in [1.807, 2.05) is 19.9 Å². The highest BCUT2D eigenvalue weighted by molar-refractivity contribution is 5.88. The lowest BCUT2D eigenvalue weighted by molar-refractivity contribution is -0.156. The van der Waals surface area contributed by atoms with E-state index in [2.05, 4.69) is 13.2 Å². The number of allylic oxidation sites excluding steroid dienone is 1. The van der Waals surface area contributed by atoms with Gasteiger partial charge in [0.2, 0.25) is 0 Å². The van der Waals surface area contributed by atoms with Gasteiger partial charge in [-0.3, -0.25) is 0 Å². The van der Waals surface area contributed by atoms with Crippen LogP contribution in [0, 0.1) is 5.92 Å². The number of ether oxygens (including phenoxy) is 2. The summed E-state index contributed by atoms with van der Waals surface area (Å²) in [7, 11) is 0. The fourth-order valence-corrected chi connectivity index (χ4v) is 3.94. The second-order valence-corrected chi connectivity index (χ2v) is 8.19. The molecule has 144 valence electrons. The second-order valence-electron chi connectivity index (χ2n) is 8.19. The van der Waals surface area contributed by atoms with Gasteiger partial charge in [-0.25, -0.2) is 9.59 Å². The first-order chi connectivity index (χ1) is 12.2. The van der Waals surface area contributed by atoms with Crippen LogP contribution < -0.4 is 0 Å². The Kier molecular flexibility index (Phi) is 6.48. The van der Waals surface area contributed by atoms with Crippen LogP contribution in [0.1, 0.15) is 72.1 Å². The van der Waals surface area contributed by atoms with E-state index in [4.69, 9.17) is 9.47 Å². The lowest BCUT2D eigenvalue weighted by atomic mass is 9.86. The number of carbonyl (C=O) groups is 2. The molecule has 2 aliphatic carbocycles. The summed E-state index contributed by atoms with van der Waals surface area (Å²) < 4.78 is 11.4. The predicted octanol–water partition coefficient (Wildman–Crippen LogP) is 5.04. The van der Waals surface area contributed by atoms with E-state index in [-0.39, 0.29) is 17.5 Å². The Morgan fingerprint density at radius 3 is 2.27 bits per heavy atom. The first-order valence-corrected chi connectivity index (χ1v) is 9.63. The number of rotatable bonds is 6. The van der Waals surface area contributed by atoms with E-state index >= 15 is 0 Å². The highest BCUT2D eigenvalue weighted by Crippen LogP contribution is 2.40. The monoisotopic (exact) mass is 360 g/mol. The largest absolute Gasteiger partial charge is 0.456 e. The molecule has 4 nitrogen and oxygen atoms in total. The highest BCUT2D eigenvalue weighted by Gasteiger charge is 2.40. The Morgan fingerprint density at radius 2 is 1.69 bits per heavy atom. The second kappa shape index (κ2) is 8.24. The quantitative estimate of drug-likeness (QED) is 0.378. The fourth-order valence-electron chi connectivity index (χ4n) is 3.94. The molecule has 0 amide bonds. The van der Waals surface area contributed by atoms with Gasteiger partial charge in [-0.15, -0.1) is 0 Å². The topological polar surface area (TPSA) is 52.6 Å². The third kappa shape index (κ3) is 5.09. The van der Waals surface area contributed by atoms with Gasteiger partial charge in [0.05, 0.1) is 0 Å². The van der Waals surface area contributed by atoms with Crippen molar-refractivity contribution in [3.05, 3.63) is 36.5 Å². The standard InChI is InChI=1S/C22H32O4/c1-6-22(26-19(23)16(2)3)13-10-18(15-22)14-17(4)20(24)25-21(5)11-8-7-9-12-21/h6,14,18H,1-2,7-13,15H2,3-5H3/b17-14+. The minimum atomic E-state index is -0.670. The van der Waals surface area contributed by atoms with E-state index in [1.54, 1.807) is 13.0 Å². The Hall–Kier alpha value is -1.84. The predicted molar refractivity (Wildman–Crippen MR) is 103 cm³/mol. The molecule has 0 aromatic rings. The van der Waals surface area contributed by atoms with Crippen molar-refractivity contribution in [3.63, 3.8) is 0 Å². The smallest absolute Gasteiger partial charge is 0.333 e. The van der Waals surface area contributed by atoms with Crippen LogP contribution in [0.5, 0.6) is 0 Å². The van der Waals surface area contributed by atoms with Crippen molar-refractivity contribution in [2.75, 3.05) is 0 Å². The molecule has 0 N–H and O–H groups in total. The van der Waals surface area contributed by atoms with Crippen molar-refractivity contribution in [2.24, 2.45) is 5.92 Å². The molecule has 0 bridgehead atoms. The molecule has 0 aliphatic heterocycles. The molecular weight excluding hydrogens is 328 g/mol. The molecule has 2 saturated carbocycles. The third-order valence-corrected chi connectivity index (χ3v) is 5.62. The van der Waals surface area contributed by atoms with Crippen molar-refractivity contribution >= 4 is 11.9 Å². The van der Waals surface area contributed by atoms with Crippen molar-refractivity contribution < 1.29 is 19.1 Å². The van der Waals surface area contributed by atoms with E-state index in [1.165, 1.54) is 6.42 Å². The van der Waals surface area contributed by atoms with Gasteiger partial charge < -0.3 is 9.47 Å². The zero-order valence-corrected chi connectivity index (χ0v) is 16.4. The number of esters is 2. The third-order valence-electron chi connectivity index (χ3n) is 5.62. The van der Waals surface area contributed by atoms with Crippen LogP contribution in [-0.2, 0) is 19.1 Å². The van der Waals surface area contributed by atoms with Gasteiger partial charge in [-0.2, -0.15) is 0 Å². The number of hydrogen-bond donors (Lipinski definition) is 0. The van der Waals surface area contributed by atoms with Crippen LogP contribution in [0.25, 0.3) is 0 Å². The molecule has 0 heterocycles. The molecule has 2 fully saturated rings. The molecule has 0 aromatic carbocycles. The summed E-state index contributed by atoms with van der Waals surface area (Å²) in [6.45, 7) is 13.0. The Labute approximate surface area is 157 Å². The van der Waals surface area contributed by atoms with E-state index in [0.29, 0.717) is 24.0 Å². The molecule has 2 rings (SSSR count). The first kappa shape index (κ1) is 20.5. The van der Waals surface area contributed by atoms with Crippen LogP contribution in [0.3, 0.4) is 0 Å². The van der Waals surface area contributed by atoms with Crippen LogP contribution in [-0.4, -0.2) is 23.1 Å². The molecule has 0 spiro atoms. The van der Waals surface area contributed by atoms with Gasteiger partial charge in [0.1, 0.15) is 11.2 Å². The maximum absolute atomic E-state index is 12.5. The normalized spacial score (nSPS) is 28.3. The highest BCUT2D eigenvalue weighted by atomic mass is 16.6. The molecule has 0 saturated heterocycles. The Balaban J connectivity index is 1.98. The average molecular weight is 360 g/mol. The minimum Gasteiger partial charge on any atom is -0.456 e. The number of carbonyl (C=O) groups excluding carboxylic acids is 2. The lowest BCUT2D eigenvalue weighted by Gasteiger charge is -2.33. The molecule has 4 heteroatoms. The summed E-state index contributed by atoms with van der Waals surface area (Å²) >= 11 is 0. The van der Waals surface area contributed by atoms with Crippen molar-refractivity contribution in [3.8, 4) is 0 Å². The first-order valence-electron chi connectivity index (χ1n) is 9.63. The fraction of sp³-hybridized carbons (Fsp3) is 0.636. The SMILES string of the molecule is C=CC1(OC(=O)C(=C)C)CCC(/C=C(\C)C(=O)OC2(C)CCCCC2)C1. The van der Waals surface area contributed by atoms with E-state index in [0.717, 1.165) is 32.1 Å². The molecule has 2 unspecified atom stereocenters. The van der Waals surface area contributed by atoms with E-state index in [9.17, 15) is 9.59 Å². The summed E-state index contributed by atoms with van der Waals surface area (Å²) in [6.07, 6.45) is 11.2. The van der Waals surface area contributed by atoms with Gasteiger partial charge in [-0.1, -0.05) is 25.7 Å². The zero-order chi connectivity index (χ0) is 19.4. The summed E-state index contributed by atoms with van der Waals surface area (Å²) in [5.74, 6) is -0.460. The van der Waals surface area contributed by atoms with Crippen LogP contribution in [0.2, 0.25) is 0 Å². The zero-order valence-electron chi connectivity index (χ0n) is 16.4. The van der Waals surface area contributed by atoms with Crippen LogP contribution in [0.15, 0.2) is 36.5 Å². The van der Waals surface area contributed by atoms with Crippen molar-refractivity contribution in [1.82, 2.24) is 0 Å². The number of hydrogen-bond acceptors (Lipinski definition) is 4. The molecular formula is C22H32O4. The summed E-state index contributed by atoms with van der Waals surface area (Å²) in [4.78, 5) is 24.4. The van der Waals surface area contributed by atoms with Crippen LogP contribution >= 0.6 is 0 Å². The van der Waals surface area contributed by atoms with Gasteiger partial charge in [0, 0.05) is 11.1 Å². The maximum Gasteiger partial charge on any atom is 0.333 e. The lowest BCUT2D eigenvalue weighted by Crippen LogP contribution is -2.34. The molecule has 2 atom stereocenters. The van der Waals surface area contributed by atoms with Gasteiger partial charge in [0.25, 0.3) is 0 Å². The Bertz CT molecular complexity index is 610. The minimum absolute atomic E-state index is 0.164. The molecule has 2 aliphatic rings.